The highest BCUT2D eigenvalue weighted by molar-refractivity contribution is 6.07. The molecule has 5 heterocycles. The van der Waals surface area contributed by atoms with Gasteiger partial charge in [-0.15, -0.1) is 0 Å². The Hall–Kier alpha value is -7.08. The van der Waals surface area contributed by atoms with Gasteiger partial charge in [0.25, 0.3) is 11.8 Å². The van der Waals surface area contributed by atoms with Gasteiger partial charge in [0.1, 0.15) is 29.4 Å². The average Bonchev–Trinajstić information content (AvgIpc) is 3.78. The highest BCUT2D eigenvalue weighted by Gasteiger charge is 2.45. The van der Waals surface area contributed by atoms with E-state index in [4.69, 9.17) is 4.74 Å². The number of nitrogens with zero attached hydrogens (tertiary/aromatic N) is 5. The van der Waals surface area contributed by atoms with Crippen molar-refractivity contribution >= 4 is 46.2 Å². The van der Waals surface area contributed by atoms with Crippen LogP contribution in [0.3, 0.4) is 0 Å². The van der Waals surface area contributed by atoms with E-state index in [1.807, 2.05) is 18.2 Å². The number of carbonyl (C=O) groups is 4. The Morgan fingerprint density at radius 2 is 1.70 bits per heavy atom. The molecular formula is C52H54F2N8O7. The van der Waals surface area contributed by atoms with E-state index in [9.17, 15) is 29.4 Å². The van der Waals surface area contributed by atoms with Gasteiger partial charge in [-0.25, -0.2) is 23.5 Å². The van der Waals surface area contributed by atoms with Gasteiger partial charge in [0.05, 0.1) is 29.7 Å². The first-order chi connectivity index (χ1) is 33.0. The first kappa shape index (κ1) is 47.0. The highest BCUT2D eigenvalue weighted by Crippen LogP contribution is 2.46. The lowest BCUT2D eigenvalue weighted by atomic mass is 9.64. The van der Waals surface area contributed by atoms with Crippen molar-refractivity contribution in [3.8, 4) is 28.3 Å². The van der Waals surface area contributed by atoms with E-state index in [0.717, 1.165) is 61.8 Å². The number of benzene rings is 4. The molecule has 4 aromatic carbocycles. The van der Waals surface area contributed by atoms with E-state index < -0.39 is 29.2 Å². The number of fused-ring (bicyclic) bond motifs is 1. The van der Waals surface area contributed by atoms with Gasteiger partial charge >= 0.3 is 6.03 Å². The molecule has 3 aliphatic heterocycles. The molecule has 3 saturated heterocycles. The predicted molar refractivity (Wildman–Crippen MR) is 256 cm³/mol. The molecule has 1 atom stereocenters. The van der Waals surface area contributed by atoms with Crippen LogP contribution in [0.25, 0.3) is 33.5 Å². The number of urea groups is 1. The van der Waals surface area contributed by atoms with Crippen molar-refractivity contribution in [1.82, 2.24) is 30.1 Å². The number of aromatic nitrogens is 3. The standard InChI is InChI=1S/C52H54F2N8O7/c1-30-38(23-36(53)24-41(30)58-48(65)37-11-10-34(22-40(37)54)51(2,3)68)46-39-25-42(57-47(39)56-29-55-46)32-7-5-31(6-8-32)26-60-18-14-52(15-19-60)16-20-61(27-35(52)28-63)49(66)33-9-12-44(69-4)43(21-33)62-17-13-45(64)59-50(62)67/h5-12,21-25,29,35,63,68H,13-20,26-28H2,1-4H3,(H,58,65)(H,55,56,57)(H,59,64,67). The number of anilines is 2. The first-order valence-electron chi connectivity index (χ1n) is 23.0. The number of hydrogen-bond acceptors (Lipinski definition) is 10. The first-order valence-corrected chi connectivity index (χ1v) is 23.0. The molecule has 3 aliphatic rings. The highest BCUT2D eigenvalue weighted by atomic mass is 19.1. The van der Waals surface area contributed by atoms with Gasteiger partial charge < -0.3 is 30.2 Å². The molecule has 5 amide bonds. The number of imide groups is 1. The number of ether oxygens (including phenoxy) is 1. The van der Waals surface area contributed by atoms with Crippen LogP contribution in [-0.4, -0.2) is 105 Å². The second-order valence-corrected chi connectivity index (χ2v) is 18.9. The normalized spacial score (nSPS) is 17.6. The molecular weight excluding hydrogens is 887 g/mol. The summed E-state index contributed by atoms with van der Waals surface area (Å²) >= 11 is 0. The summed E-state index contributed by atoms with van der Waals surface area (Å²) in [6.45, 7) is 8.29. The number of rotatable bonds is 11. The number of aromatic amines is 1. The van der Waals surface area contributed by atoms with Crippen molar-refractivity contribution in [2.45, 2.75) is 58.6 Å². The molecule has 5 N–H and O–H groups in total. The Bertz CT molecular complexity index is 2980. The maximum atomic E-state index is 15.2. The fourth-order valence-corrected chi connectivity index (χ4v) is 10.1. The number of likely N-dealkylation sites (tertiary alicyclic amines) is 2. The summed E-state index contributed by atoms with van der Waals surface area (Å²) in [5.74, 6) is -2.42. The summed E-state index contributed by atoms with van der Waals surface area (Å²) in [5.41, 5.74) is 4.40. The van der Waals surface area contributed by atoms with Crippen molar-refractivity contribution in [2.75, 3.05) is 56.7 Å². The zero-order valence-corrected chi connectivity index (χ0v) is 38.9. The molecule has 1 unspecified atom stereocenters. The summed E-state index contributed by atoms with van der Waals surface area (Å²) < 4.78 is 35.8. The van der Waals surface area contributed by atoms with Crippen LogP contribution < -0.4 is 20.3 Å². The molecule has 358 valence electrons. The van der Waals surface area contributed by atoms with Crippen LogP contribution in [0.5, 0.6) is 5.75 Å². The van der Waals surface area contributed by atoms with Crippen LogP contribution in [0.2, 0.25) is 0 Å². The van der Waals surface area contributed by atoms with E-state index >= 15 is 8.78 Å². The summed E-state index contributed by atoms with van der Waals surface area (Å²) in [4.78, 5) is 69.5. The number of methoxy groups -OCH3 is 1. The molecule has 0 aliphatic carbocycles. The summed E-state index contributed by atoms with van der Waals surface area (Å²) in [6, 6.07) is 21.0. The van der Waals surface area contributed by atoms with Gasteiger partial charge in [-0.05, 0) is 129 Å². The van der Waals surface area contributed by atoms with E-state index in [0.29, 0.717) is 63.5 Å². The minimum absolute atomic E-state index is 0.0349. The van der Waals surface area contributed by atoms with Gasteiger partial charge in [-0.3, -0.25) is 29.5 Å². The molecule has 9 rings (SSSR count). The molecule has 17 heteroatoms. The monoisotopic (exact) mass is 940 g/mol. The Balaban J connectivity index is 0.837. The lowest BCUT2D eigenvalue weighted by Gasteiger charge is -2.51. The molecule has 6 aromatic rings. The Kier molecular flexibility index (Phi) is 12.8. The zero-order valence-electron chi connectivity index (χ0n) is 38.9. The van der Waals surface area contributed by atoms with E-state index in [1.165, 1.54) is 56.4 Å². The topological polar surface area (TPSA) is 193 Å². The second-order valence-electron chi connectivity index (χ2n) is 18.9. The maximum Gasteiger partial charge on any atom is 0.328 e. The lowest BCUT2D eigenvalue weighted by molar-refractivity contribution is -0.120. The average molecular weight is 941 g/mol. The SMILES string of the molecule is COc1ccc(C(=O)N2CCC3(CCN(Cc4ccc(-c5cc6c(-c7cc(F)cc(NC(=O)c8ccc(C(C)(C)O)cc8F)c7C)ncnc6[nH]5)cc4)CC3)C(CO)C2)cc1N1CCC(=O)NC1=O. The van der Waals surface area contributed by atoms with Crippen LogP contribution in [0.15, 0.2) is 85.2 Å². The third-order valence-electron chi connectivity index (χ3n) is 14.2. The fraction of sp³-hybridized carbons (Fsp3) is 0.346. The van der Waals surface area contributed by atoms with E-state index in [2.05, 4.69) is 42.6 Å². The van der Waals surface area contributed by atoms with Crippen molar-refractivity contribution in [1.29, 1.82) is 0 Å². The van der Waals surface area contributed by atoms with E-state index in [-0.39, 0.29) is 54.0 Å². The summed E-state index contributed by atoms with van der Waals surface area (Å²) in [6.07, 6.45) is 4.07. The Labute approximate surface area is 397 Å². The maximum absolute atomic E-state index is 15.2. The quantitative estimate of drug-likeness (QED) is 0.0867. The number of nitrogens with one attached hydrogen (secondary N) is 3. The van der Waals surface area contributed by atoms with Crippen molar-refractivity contribution in [3.05, 3.63) is 125 Å². The van der Waals surface area contributed by atoms with Crippen LogP contribution in [0.4, 0.5) is 25.0 Å². The third kappa shape index (κ3) is 9.41. The van der Waals surface area contributed by atoms with Crippen molar-refractivity contribution < 1.29 is 42.9 Å². The van der Waals surface area contributed by atoms with Crippen molar-refractivity contribution in [2.24, 2.45) is 11.3 Å². The number of aliphatic hydroxyl groups excluding tert-OH is 1. The van der Waals surface area contributed by atoms with Gasteiger partial charge in [0.2, 0.25) is 5.91 Å². The second kappa shape index (κ2) is 18.8. The molecule has 2 aromatic heterocycles. The molecule has 0 bridgehead atoms. The predicted octanol–water partition coefficient (Wildman–Crippen LogP) is 7.55. The van der Waals surface area contributed by atoms with Crippen LogP contribution in [0, 0.1) is 29.9 Å². The van der Waals surface area contributed by atoms with Gasteiger partial charge in [0.15, 0.2) is 0 Å². The number of H-pyrrole nitrogens is 1. The van der Waals surface area contributed by atoms with Crippen LogP contribution >= 0.6 is 0 Å². The number of aliphatic hydroxyl groups is 2. The number of amides is 5. The number of piperidine rings is 2. The summed E-state index contributed by atoms with van der Waals surface area (Å²) in [5, 5.41) is 26.6. The molecule has 0 radical (unpaired) electrons. The number of carbonyl (C=O) groups excluding carboxylic acids is 4. The van der Waals surface area contributed by atoms with Gasteiger partial charge in [0, 0.05) is 73.0 Å². The molecule has 69 heavy (non-hydrogen) atoms. The Morgan fingerprint density at radius 1 is 0.942 bits per heavy atom. The Morgan fingerprint density at radius 3 is 2.39 bits per heavy atom. The smallest absolute Gasteiger partial charge is 0.328 e. The number of hydrogen-bond donors (Lipinski definition) is 5. The van der Waals surface area contributed by atoms with Gasteiger partial charge in [-0.1, -0.05) is 30.3 Å². The van der Waals surface area contributed by atoms with Crippen molar-refractivity contribution in [3.63, 3.8) is 0 Å². The molecule has 1 spiro atoms. The number of halogens is 2. The zero-order chi connectivity index (χ0) is 48.8. The molecule has 15 nitrogen and oxygen atoms in total. The minimum atomic E-state index is -1.30. The molecule has 0 saturated carbocycles. The largest absolute Gasteiger partial charge is 0.495 e. The van der Waals surface area contributed by atoms with E-state index in [1.54, 1.807) is 30.0 Å². The van der Waals surface area contributed by atoms with Gasteiger partial charge in [-0.2, -0.15) is 0 Å². The third-order valence-corrected chi connectivity index (χ3v) is 14.2. The summed E-state index contributed by atoms with van der Waals surface area (Å²) in [7, 11) is 1.49. The minimum Gasteiger partial charge on any atom is -0.495 e. The lowest BCUT2D eigenvalue weighted by Crippen LogP contribution is -2.54. The van der Waals surface area contributed by atoms with Crippen LogP contribution in [0.1, 0.15) is 76.9 Å². The van der Waals surface area contributed by atoms with Crippen LogP contribution in [-0.2, 0) is 16.9 Å². The molecule has 3 fully saturated rings. The fourth-order valence-electron chi connectivity index (χ4n) is 10.1.